The first kappa shape index (κ1) is 16.1. The van der Waals surface area contributed by atoms with Gasteiger partial charge in [0.2, 0.25) is 5.91 Å². The zero-order valence-corrected chi connectivity index (χ0v) is 14.5. The molecule has 3 heterocycles. The van der Waals surface area contributed by atoms with Crippen LogP contribution in [0.3, 0.4) is 0 Å². The molecule has 25 heavy (non-hydrogen) atoms. The number of hydrogen-bond acceptors (Lipinski definition) is 5. The van der Waals surface area contributed by atoms with Gasteiger partial charge in [-0.05, 0) is 37.6 Å². The van der Waals surface area contributed by atoms with Crippen molar-refractivity contribution in [3.63, 3.8) is 0 Å². The van der Waals surface area contributed by atoms with E-state index < -0.39 is 0 Å². The van der Waals surface area contributed by atoms with Crippen molar-refractivity contribution in [2.75, 3.05) is 11.9 Å². The second-order valence-electron chi connectivity index (χ2n) is 6.20. The molecule has 128 valence electrons. The summed E-state index contributed by atoms with van der Waals surface area (Å²) in [5, 5.41) is 5.06. The quantitative estimate of drug-likeness (QED) is 0.753. The van der Waals surface area contributed by atoms with Gasteiger partial charge in [-0.2, -0.15) is 0 Å². The molecular formula is C19H19N3O2S. The molecule has 6 heteroatoms. The molecule has 1 N–H and O–H groups in total. The lowest BCUT2D eigenvalue weighted by Gasteiger charge is -2.23. The molecule has 4 rings (SSSR count). The molecule has 1 unspecified atom stereocenters. The van der Waals surface area contributed by atoms with E-state index in [-0.39, 0.29) is 11.9 Å². The summed E-state index contributed by atoms with van der Waals surface area (Å²) in [6.07, 6.45) is 5.34. The van der Waals surface area contributed by atoms with Crippen LogP contribution in [0.1, 0.15) is 18.4 Å². The number of hydrogen-bond donors (Lipinski definition) is 1. The summed E-state index contributed by atoms with van der Waals surface area (Å²) in [6, 6.07) is 9.70. The van der Waals surface area contributed by atoms with Gasteiger partial charge in [-0.1, -0.05) is 12.1 Å². The van der Waals surface area contributed by atoms with Crippen molar-refractivity contribution >= 4 is 22.9 Å². The molecule has 1 amide bonds. The van der Waals surface area contributed by atoms with Crippen LogP contribution in [0, 0.1) is 0 Å². The second-order valence-corrected chi connectivity index (χ2v) is 6.92. The molecule has 0 bridgehead atoms. The number of thiazole rings is 1. The van der Waals surface area contributed by atoms with Gasteiger partial charge in [0.15, 0.2) is 0 Å². The molecule has 2 aromatic heterocycles. The first-order valence-corrected chi connectivity index (χ1v) is 9.28. The molecule has 1 aliphatic rings. The monoisotopic (exact) mass is 353 g/mol. The summed E-state index contributed by atoms with van der Waals surface area (Å²) < 4.78 is 5.13. The largest absolute Gasteiger partial charge is 0.472 e. The van der Waals surface area contributed by atoms with E-state index in [1.807, 2.05) is 41.2 Å². The highest BCUT2D eigenvalue weighted by Crippen LogP contribution is 2.24. The maximum absolute atomic E-state index is 12.7. The van der Waals surface area contributed by atoms with Crippen LogP contribution < -0.4 is 5.32 Å². The predicted octanol–water partition coefficient (Wildman–Crippen LogP) is 4.01. The maximum atomic E-state index is 12.7. The molecule has 1 atom stereocenters. The first-order valence-electron chi connectivity index (χ1n) is 8.34. The number of rotatable bonds is 5. The minimum Gasteiger partial charge on any atom is -0.472 e. The van der Waals surface area contributed by atoms with E-state index in [0.29, 0.717) is 0 Å². The number of carbonyl (C=O) groups is 1. The van der Waals surface area contributed by atoms with Gasteiger partial charge >= 0.3 is 0 Å². The van der Waals surface area contributed by atoms with E-state index in [0.717, 1.165) is 48.4 Å². The van der Waals surface area contributed by atoms with E-state index in [4.69, 9.17) is 4.42 Å². The normalized spacial score (nSPS) is 17.7. The fourth-order valence-electron chi connectivity index (χ4n) is 3.23. The van der Waals surface area contributed by atoms with Crippen molar-refractivity contribution in [1.29, 1.82) is 0 Å². The number of anilines is 1. The van der Waals surface area contributed by atoms with Gasteiger partial charge in [-0.25, -0.2) is 4.98 Å². The zero-order valence-electron chi connectivity index (χ0n) is 13.7. The predicted molar refractivity (Wildman–Crippen MR) is 98.3 cm³/mol. The lowest BCUT2D eigenvalue weighted by molar-refractivity contribution is -0.120. The third-order valence-electron chi connectivity index (χ3n) is 4.51. The third kappa shape index (κ3) is 3.65. The van der Waals surface area contributed by atoms with Gasteiger partial charge in [0.05, 0.1) is 29.8 Å². The molecule has 1 saturated heterocycles. The van der Waals surface area contributed by atoms with E-state index in [2.05, 4.69) is 15.2 Å². The molecule has 1 aliphatic heterocycles. The fourth-order valence-corrected chi connectivity index (χ4v) is 3.80. The highest BCUT2D eigenvalue weighted by atomic mass is 32.1. The van der Waals surface area contributed by atoms with Gasteiger partial charge in [0, 0.05) is 28.7 Å². The number of benzene rings is 1. The Labute approximate surface area is 150 Å². The van der Waals surface area contributed by atoms with Gasteiger partial charge < -0.3 is 9.73 Å². The number of likely N-dealkylation sites (tertiary alicyclic amines) is 1. The SMILES string of the molecule is O=C(Nc1ccc(-c2cscn2)cc1)C1CCCN1Cc1ccoc1. The van der Waals surface area contributed by atoms with Crippen molar-refractivity contribution < 1.29 is 9.21 Å². The number of aromatic nitrogens is 1. The van der Waals surface area contributed by atoms with Gasteiger partial charge in [0.1, 0.15) is 0 Å². The van der Waals surface area contributed by atoms with Crippen LogP contribution in [0.25, 0.3) is 11.3 Å². The van der Waals surface area contributed by atoms with Crippen LogP contribution in [-0.2, 0) is 11.3 Å². The van der Waals surface area contributed by atoms with Crippen molar-refractivity contribution in [3.8, 4) is 11.3 Å². The molecule has 5 nitrogen and oxygen atoms in total. The Kier molecular flexibility index (Phi) is 4.63. The molecule has 1 fully saturated rings. The Morgan fingerprint density at radius 1 is 1.32 bits per heavy atom. The molecule has 1 aromatic carbocycles. The summed E-state index contributed by atoms with van der Waals surface area (Å²) >= 11 is 1.57. The Hall–Kier alpha value is -2.44. The lowest BCUT2D eigenvalue weighted by atomic mass is 10.1. The summed E-state index contributed by atoms with van der Waals surface area (Å²) in [7, 11) is 0. The first-order chi connectivity index (χ1) is 12.3. The number of furan rings is 1. The van der Waals surface area contributed by atoms with Crippen LogP contribution in [0.15, 0.2) is 58.2 Å². The molecule has 3 aromatic rings. The van der Waals surface area contributed by atoms with Crippen LogP contribution in [0.2, 0.25) is 0 Å². The van der Waals surface area contributed by atoms with E-state index in [1.54, 1.807) is 23.9 Å². The van der Waals surface area contributed by atoms with Crippen LogP contribution >= 0.6 is 11.3 Å². The Bertz CT molecular complexity index is 813. The highest BCUT2D eigenvalue weighted by Gasteiger charge is 2.30. The van der Waals surface area contributed by atoms with Crippen molar-refractivity contribution in [2.24, 2.45) is 0 Å². The molecule has 0 saturated carbocycles. The molecule has 0 radical (unpaired) electrons. The van der Waals surface area contributed by atoms with Gasteiger partial charge in [-0.15, -0.1) is 11.3 Å². The fraction of sp³-hybridized carbons (Fsp3) is 0.263. The van der Waals surface area contributed by atoms with E-state index in [1.165, 1.54) is 0 Å². The molecular weight excluding hydrogens is 334 g/mol. The minimum absolute atomic E-state index is 0.0578. The van der Waals surface area contributed by atoms with E-state index >= 15 is 0 Å². The zero-order chi connectivity index (χ0) is 17.1. The topological polar surface area (TPSA) is 58.4 Å². The van der Waals surface area contributed by atoms with Gasteiger partial charge in [-0.3, -0.25) is 9.69 Å². The van der Waals surface area contributed by atoms with Crippen LogP contribution in [0.5, 0.6) is 0 Å². The summed E-state index contributed by atoms with van der Waals surface area (Å²) in [5.74, 6) is 0.0578. The lowest BCUT2D eigenvalue weighted by Crippen LogP contribution is -2.39. The van der Waals surface area contributed by atoms with Crippen LogP contribution in [-0.4, -0.2) is 28.4 Å². The highest BCUT2D eigenvalue weighted by molar-refractivity contribution is 7.07. The number of carbonyl (C=O) groups excluding carboxylic acids is 1. The number of amides is 1. The summed E-state index contributed by atoms with van der Waals surface area (Å²) in [4.78, 5) is 19.2. The van der Waals surface area contributed by atoms with E-state index in [9.17, 15) is 4.79 Å². The average Bonchev–Trinajstić information content (AvgIpc) is 3.39. The average molecular weight is 353 g/mol. The standard InChI is InChI=1S/C19H19N3O2S/c23-19(18-2-1-8-22(18)10-14-7-9-24-11-14)21-16-5-3-15(4-6-16)17-12-25-13-20-17/h3-7,9,11-13,18H,1-2,8,10H2,(H,21,23). The van der Waals surface area contributed by atoms with Crippen LogP contribution in [0.4, 0.5) is 5.69 Å². The summed E-state index contributed by atoms with van der Waals surface area (Å²) in [6.45, 7) is 1.68. The molecule has 0 aliphatic carbocycles. The summed E-state index contributed by atoms with van der Waals surface area (Å²) in [5.41, 5.74) is 5.76. The third-order valence-corrected chi connectivity index (χ3v) is 5.10. The number of nitrogens with zero attached hydrogens (tertiary/aromatic N) is 2. The minimum atomic E-state index is -0.0897. The number of nitrogens with one attached hydrogen (secondary N) is 1. The Morgan fingerprint density at radius 3 is 2.92 bits per heavy atom. The molecule has 0 spiro atoms. The van der Waals surface area contributed by atoms with Crippen molar-refractivity contribution in [3.05, 3.63) is 59.3 Å². The second kappa shape index (κ2) is 7.21. The smallest absolute Gasteiger partial charge is 0.241 e. The van der Waals surface area contributed by atoms with Crippen molar-refractivity contribution in [1.82, 2.24) is 9.88 Å². The van der Waals surface area contributed by atoms with Crippen molar-refractivity contribution in [2.45, 2.75) is 25.4 Å². The maximum Gasteiger partial charge on any atom is 0.241 e. The Balaban J connectivity index is 1.40. The van der Waals surface area contributed by atoms with Gasteiger partial charge in [0.25, 0.3) is 0 Å². The Morgan fingerprint density at radius 2 is 2.20 bits per heavy atom.